The number of hydrogen-bond donors (Lipinski definition) is 1. The molecule has 1 amide bonds. The average molecular weight is 388 g/mol. The molecule has 5 nitrogen and oxygen atoms in total. The van der Waals surface area contributed by atoms with Crippen molar-refractivity contribution in [3.05, 3.63) is 96.2 Å². The van der Waals surface area contributed by atoms with E-state index in [-0.39, 0.29) is 17.2 Å². The first kappa shape index (κ1) is 18.3. The van der Waals surface area contributed by atoms with Crippen molar-refractivity contribution in [2.45, 2.75) is 23.4 Å². The molecule has 0 saturated heterocycles. The summed E-state index contributed by atoms with van der Waals surface area (Å²) in [5.41, 5.74) is 2.86. The fourth-order valence-electron chi connectivity index (χ4n) is 3.02. The predicted octanol–water partition coefficient (Wildman–Crippen LogP) is 4.12. The zero-order chi connectivity index (χ0) is 19.3. The smallest absolute Gasteiger partial charge is 0.234 e. The van der Waals surface area contributed by atoms with Crippen molar-refractivity contribution in [2.24, 2.45) is 0 Å². The topological polar surface area (TPSA) is 59.3 Å². The van der Waals surface area contributed by atoms with Crippen molar-refractivity contribution >= 4 is 23.3 Å². The van der Waals surface area contributed by atoms with Gasteiger partial charge in [-0.25, -0.2) is 0 Å². The molecule has 1 atom stereocenters. The molecule has 140 valence electrons. The molecule has 0 radical (unpaired) electrons. The lowest BCUT2D eigenvalue weighted by molar-refractivity contribution is -0.120. The molecule has 0 aliphatic rings. The van der Waals surface area contributed by atoms with Crippen LogP contribution >= 0.6 is 11.8 Å². The zero-order valence-corrected chi connectivity index (χ0v) is 16.2. The van der Waals surface area contributed by atoms with Crippen molar-refractivity contribution in [2.75, 3.05) is 0 Å². The highest BCUT2D eigenvalue weighted by atomic mass is 32.2. The molecule has 6 heteroatoms. The fraction of sp³-hybridized carbons (Fsp3) is 0.136. The normalized spacial score (nSPS) is 12.2. The number of rotatable bonds is 6. The molecule has 2 heterocycles. The van der Waals surface area contributed by atoms with E-state index in [1.165, 1.54) is 11.8 Å². The monoisotopic (exact) mass is 388 g/mol. The third-order valence-electron chi connectivity index (χ3n) is 4.49. The van der Waals surface area contributed by atoms with Crippen molar-refractivity contribution in [3.63, 3.8) is 0 Å². The van der Waals surface area contributed by atoms with E-state index in [1.54, 1.807) is 0 Å². The predicted molar refractivity (Wildman–Crippen MR) is 111 cm³/mol. The van der Waals surface area contributed by atoms with Gasteiger partial charge in [0.05, 0.1) is 11.3 Å². The van der Waals surface area contributed by atoms with E-state index in [2.05, 4.69) is 15.5 Å². The maximum atomic E-state index is 13.0. The van der Waals surface area contributed by atoms with Gasteiger partial charge in [-0.3, -0.25) is 9.20 Å². The SMILES string of the molecule is C[C@H](Sc1nnc2ccccn12)C(=O)NC(c1ccccc1)c1ccccc1. The summed E-state index contributed by atoms with van der Waals surface area (Å²) >= 11 is 1.40. The number of benzene rings is 2. The molecule has 0 unspecified atom stereocenters. The molecule has 0 aliphatic heterocycles. The maximum absolute atomic E-state index is 13.0. The van der Waals surface area contributed by atoms with E-state index in [0.29, 0.717) is 5.16 Å². The Morgan fingerprint density at radius 3 is 2.14 bits per heavy atom. The van der Waals surface area contributed by atoms with Crippen LogP contribution in [0, 0.1) is 0 Å². The Bertz CT molecular complexity index is 1030. The zero-order valence-electron chi connectivity index (χ0n) is 15.4. The van der Waals surface area contributed by atoms with Crippen LogP contribution in [0.4, 0.5) is 0 Å². The number of pyridine rings is 1. The van der Waals surface area contributed by atoms with Gasteiger partial charge in [0.15, 0.2) is 10.8 Å². The molecule has 0 fully saturated rings. The number of fused-ring (bicyclic) bond motifs is 1. The summed E-state index contributed by atoms with van der Waals surface area (Å²) in [6, 6.07) is 25.5. The Morgan fingerprint density at radius 1 is 0.893 bits per heavy atom. The molecule has 1 N–H and O–H groups in total. The second-order valence-electron chi connectivity index (χ2n) is 6.43. The van der Waals surface area contributed by atoms with Gasteiger partial charge in [-0.2, -0.15) is 0 Å². The first-order chi connectivity index (χ1) is 13.7. The third kappa shape index (κ3) is 3.92. The molecular weight excluding hydrogens is 368 g/mol. The minimum absolute atomic E-state index is 0.0459. The lowest BCUT2D eigenvalue weighted by Crippen LogP contribution is -2.35. The van der Waals surface area contributed by atoms with Crippen LogP contribution in [0.2, 0.25) is 0 Å². The first-order valence-corrected chi connectivity index (χ1v) is 9.97. The third-order valence-corrected chi connectivity index (χ3v) is 5.54. The van der Waals surface area contributed by atoms with Gasteiger partial charge in [-0.15, -0.1) is 10.2 Å². The van der Waals surface area contributed by atoms with Crippen LogP contribution in [0.1, 0.15) is 24.1 Å². The number of hydrogen-bond acceptors (Lipinski definition) is 4. The van der Waals surface area contributed by atoms with Crippen molar-refractivity contribution < 1.29 is 4.79 Å². The molecule has 2 aromatic heterocycles. The van der Waals surface area contributed by atoms with Gasteiger partial charge in [0.2, 0.25) is 5.91 Å². The Hall–Kier alpha value is -3.12. The standard InChI is InChI=1S/C22H20N4OS/c1-16(28-22-25-24-19-14-8-9-15-26(19)22)21(27)23-20(17-10-4-2-5-11-17)18-12-6-3-7-13-18/h2-16,20H,1H3,(H,23,27)/t16-/m0/s1. The van der Waals surface area contributed by atoms with Crippen LogP contribution in [-0.2, 0) is 4.79 Å². The van der Waals surface area contributed by atoms with E-state index < -0.39 is 0 Å². The quantitative estimate of drug-likeness (QED) is 0.505. The Morgan fingerprint density at radius 2 is 1.50 bits per heavy atom. The van der Waals surface area contributed by atoms with E-state index in [9.17, 15) is 4.79 Å². The highest BCUT2D eigenvalue weighted by Crippen LogP contribution is 2.25. The minimum Gasteiger partial charge on any atom is -0.344 e. The second kappa shape index (κ2) is 8.27. The molecule has 0 aliphatic carbocycles. The number of nitrogens with one attached hydrogen (secondary N) is 1. The van der Waals surface area contributed by atoms with Crippen LogP contribution in [-0.4, -0.2) is 25.8 Å². The molecular formula is C22H20N4OS. The number of nitrogens with zero attached hydrogens (tertiary/aromatic N) is 3. The Kier molecular flexibility index (Phi) is 5.39. The summed E-state index contributed by atoms with van der Waals surface area (Å²) < 4.78 is 1.89. The van der Waals surface area contributed by atoms with Crippen LogP contribution in [0.5, 0.6) is 0 Å². The molecule has 0 spiro atoms. The van der Waals surface area contributed by atoms with Crippen LogP contribution in [0.15, 0.2) is 90.2 Å². The van der Waals surface area contributed by atoms with Gasteiger partial charge in [0, 0.05) is 6.20 Å². The van der Waals surface area contributed by atoms with E-state index in [0.717, 1.165) is 16.8 Å². The van der Waals surface area contributed by atoms with Gasteiger partial charge in [-0.05, 0) is 30.2 Å². The van der Waals surface area contributed by atoms with Gasteiger partial charge in [-0.1, -0.05) is 78.5 Å². The summed E-state index contributed by atoms with van der Waals surface area (Å²) in [4.78, 5) is 13.0. The second-order valence-corrected chi connectivity index (χ2v) is 7.74. The number of aromatic nitrogens is 3. The molecule has 4 rings (SSSR count). The largest absolute Gasteiger partial charge is 0.344 e. The average Bonchev–Trinajstić information content (AvgIpc) is 3.16. The summed E-state index contributed by atoms with van der Waals surface area (Å²) in [6.07, 6.45) is 1.90. The van der Waals surface area contributed by atoms with E-state index in [4.69, 9.17) is 0 Å². The summed E-state index contributed by atoms with van der Waals surface area (Å²) in [6.45, 7) is 1.89. The minimum atomic E-state index is -0.317. The van der Waals surface area contributed by atoms with Gasteiger partial charge in [0.25, 0.3) is 0 Å². The van der Waals surface area contributed by atoms with Crippen molar-refractivity contribution in [3.8, 4) is 0 Å². The summed E-state index contributed by atoms with van der Waals surface area (Å²) in [5, 5.41) is 11.9. The first-order valence-electron chi connectivity index (χ1n) is 9.09. The summed E-state index contributed by atoms with van der Waals surface area (Å²) in [5.74, 6) is -0.0459. The highest BCUT2D eigenvalue weighted by Gasteiger charge is 2.22. The van der Waals surface area contributed by atoms with Crippen molar-refractivity contribution in [1.29, 1.82) is 0 Å². The fourth-order valence-corrected chi connectivity index (χ4v) is 3.87. The van der Waals surface area contributed by atoms with Crippen molar-refractivity contribution in [1.82, 2.24) is 19.9 Å². The highest BCUT2D eigenvalue weighted by molar-refractivity contribution is 8.00. The molecule has 2 aromatic carbocycles. The lowest BCUT2D eigenvalue weighted by atomic mass is 9.98. The van der Waals surface area contributed by atoms with Crippen LogP contribution in [0.25, 0.3) is 5.65 Å². The number of carbonyl (C=O) groups excluding carboxylic acids is 1. The van der Waals surface area contributed by atoms with Gasteiger partial charge in [0.1, 0.15) is 0 Å². The molecule has 0 bridgehead atoms. The van der Waals surface area contributed by atoms with Crippen LogP contribution < -0.4 is 5.32 Å². The molecule has 0 saturated carbocycles. The van der Waals surface area contributed by atoms with Gasteiger partial charge < -0.3 is 5.32 Å². The Balaban J connectivity index is 1.54. The molecule has 28 heavy (non-hydrogen) atoms. The molecule has 4 aromatic rings. The number of amides is 1. The van der Waals surface area contributed by atoms with E-state index in [1.807, 2.05) is 96.4 Å². The summed E-state index contributed by atoms with van der Waals surface area (Å²) in [7, 11) is 0. The lowest BCUT2D eigenvalue weighted by Gasteiger charge is -2.21. The number of thioether (sulfide) groups is 1. The number of carbonyl (C=O) groups is 1. The Labute approximate surface area is 167 Å². The van der Waals surface area contributed by atoms with Gasteiger partial charge >= 0.3 is 0 Å². The van der Waals surface area contributed by atoms with Crippen LogP contribution in [0.3, 0.4) is 0 Å². The van der Waals surface area contributed by atoms with E-state index >= 15 is 0 Å². The maximum Gasteiger partial charge on any atom is 0.234 e.